The van der Waals surface area contributed by atoms with Gasteiger partial charge in [-0.15, -0.1) is 11.3 Å². The van der Waals surface area contributed by atoms with Crippen LogP contribution in [-0.2, 0) is 18.4 Å². The van der Waals surface area contributed by atoms with Crippen LogP contribution in [0.1, 0.15) is 22.3 Å². The number of aliphatic hydroxyl groups is 1. The Kier molecular flexibility index (Phi) is 6.36. The topological polar surface area (TPSA) is 59.3 Å². The summed E-state index contributed by atoms with van der Waals surface area (Å²) in [6.07, 6.45) is 3.13. The molecular formula is C19H23N3O2S. The zero-order valence-electron chi connectivity index (χ0n) is 14.2. The Bertz CT molecular complexity index is 743. The summed E-state index contributed by atoms with van der Waals surface area (Å²) in [5, 5.41) is 15.7. The molecule has 6 heteroatoms. The lowest BCUT2D eigenvalue weighted by atomic mass is 10.1. The normalized spacial score (nSPS) is 13.7. The average Bonchev–Trinajstić information content (AvgIpc) is 3.28. The van der Waals surface area contributed by atoms with Gasteiger partial charge >= 0.3 is 0 Å². The maximum Gasteiger partial charge on any atom is 0.130 e. The molecule has 0 bridgehead atoms. The van der Waals surface area contributed by atoms with E-state index < -0.39 is 6.10 Å². The molecule has 1 aromatic carbocycles. The fraction of sp³-hybridized carbons (Fsp3) is 0.316. The van der Waals surface area contributed by atoms with Crippen molar-refractivity contribution in [2.75, 3.05) is 13.2 Å². The van der Waals surface area contributed by atoms with Crippen molar-refractivity contribution in [1.82, 2.24) is 14.9 Å². The number of hydrogen-bond donors (Lipinski definition) is 2. The lowest BCUT2D eigenvalue weighted by molar-refractivity contribution is 0.0289. The second-order valence-corrected chi connectivity index (χ2v) is 6.93. The van der Waals surface area contributed by atoms with Gasteiger partial charge in [-0.2, -0.15) is 0 Å². The summed E-state index contributed by atoms with van der Waals surface area (Å²) in [5.74, 6) is 0.915. The third-order valence-corrected chi connectivity index (χ3v) is 4.79. The van der Waals surface area contributed by atoms with Crippen molar-refractivity contribution >= 4 is 11.3 Å². The van der Waals surface area contributed by atoms with Crippen LogP contribution in [0, 0.1) is 0 Å². The summed E-state index contributed by atoms with van der Waals surface area (Å²) in [5.41, 5.74) is 1.11. The number of thiophene rings is 1. The molecular weight excluding hydrogens is 334 g/mol. The van der Waals surface area contributed by atoms with Crippen molar-refractivity contribution in [3.63, 3.8) is 0 Å². The van der Waals surface area contributed by atoms with Crippen LogP contribution in [0.25, 0.3) is 0 Å². The second-order valence-electron chi connectivity index (χ2n) is 5.90. The fourth-order valence-corrected chi connectivity index (χ4v) is 3.30. The second kappa shape index (κ2) is 8.92. The predicted octanol–water partition coefficient (Wildman–Crippen LogP) is 2.74. The van der Waals surface area contributed by atoms with Crippen molar-refractivity contribution in [1.29, 1.82) is 0 Å². The molecule has 0 saturated heterocycles. The maximum absolute atomic E-state index is 10.2. The highest BCUT2D eigenvalue weighted by atomic mass is 32.1. The number of benzene rings is 1. The largest absolute Gasteiger partial charge is 0.389 e. The smallest absolute Gasteiger partial charge is 0.130 e. The molecule has 2 N–H and O–H groups in total. The highest BCUT2D eigenvalue weighted by molar-refractivity contribution is 7.09. The van der Waals surface area contributed by atoms with Crippen molar-refractivity contribution < 1.29 is 9.84 Å². The van der Waals surface area contributed by atoms with Gasteiger partial charge in [0.05, 0.1) is 25.4 Å². The SMILES string of the molecule is Cn1ccnc1[C@@H](NC[C@@H](O)COCc1cccs1)c1ccccc1. The van der Waals surface area contributed by atoms with E-state index in [9.17, 15) is 5.11 Å². The van der Waals surface area contributed by atoms with Crippen LogP contribution in [0.2, 0.25) is 0 Å². The van der Waals surface area contributed by atoms with Crippen molar-refractivity contribution in [3.8, 4) is 0 Å². The molecule has 0 aliphatic rings. The molecule has 0 spiro atoms. The molecule has 3 aromatic rings. The molecule has 0 aliphatic heterocycles. The lowest BCUT2D eigenvalue weighted by Crippen LogP contribution is -2.34. The van der Waals surface area contributed by atoms with Crippen molar-refractivity contribution in [2.45, 2.75) is 18.8 Å². The molecule has 2 aromatic heterocycles. The average molecular weight is 357 g/mol. The third-order valence-electron chi connectivity index (χ3n) is 3.94. The number of aromatic nitrogens is 2. The van der Waals surface area contributed by atoms with E-state index in [1.54, 1.807) is 17.5 Å². The van der Waals surface area contributed by atoms with E-state index in [-0.39, 0.29) is 6.04 Å². The van der Waals surface area contributed by atoms with Gasteiger partial charge in [-0.25, -0.2) is 4.98 Å². The molecule has 5 nitrogen and oxygen atoms in total. The first-order chi connectivity index (χ1) is 12.2. The van der Waals surface area contributed by atoms with Crippen LogP contribution in [0.15, 0.2) is 60.2 Å². The number of aryl methyl sites for hydroxylation is 1. The molecule has 2 heterocycles. The van der Waals surface area contributed by atoms with Crippen molar-refractivity contribution in [3.05, 3.63) is 76.5 Å². The minimum Gasteiger partial charge on any atom is -0.389 e. The van der Waals surface area contributed by atoms with Gasteiger partial charge in [-0.1, -0.05) is 36.4 Å². The zero-order valence-corrected chi connectivity index (χ0v) is 15.0. The van der Waals surface area contributed by atoms with Crippen LogP contribution in [0.3, 0.4) is 0 Å². The van der Waals surface area contributed by atoms with E-state index in [2.05, 4.69) is 22.4 Å². The Morgan fingerprint density at radius 1 is 1.24 bits per heavy atom. The third kappa shape index (κ3) is 4.99. The highest BCUT2D eigenvalue weighted by Gasteiger charge is 2.19. The minimum absolute atomic E-state index is 0.0758. The van der Waals surface area contributed by atoms with Crippen LogP contribution in [0.5, 0.6) is 0 Å². The van der Waals surface area contributed by atoms with Gasteiger partial charge in [0.1, 0.15) is 5.82 Å². The Hall–Kier alpha value is -1.99. The molecule has 0 unspecified atom stereocenters. The molecule has 0 fully saturated rings. The Labute approximate surface area is 151 Å². The van der Waals surface area contributed by atoms with Gasteiger partial charge in [-0.05, 0) is 17.0 Å². The Morgan fingerprint density at radius 2 is 2.08 bits per heavy atom. The van der Waals surface area contributed by atoms with E-state index >= 15 is 0 Å². The summed E-state index contributed by atoms with van der Waals surface area (Å²) in [4.78, 5) is 5.62. The van der Waals surface area contributed by atoms with Crippen LogP contribution < -0.4 is 5.32 Å². The lowest BCUT2D eigenvalue weighted by Gasteiger charge is -2.21. The van der Waals surface area contributed by atoms with E-state index in [0.717, 1.165) is 16.3 Å². The Balaban J connectivity index is 1.56. The number of hydrogen-bond acceptors (Lipinski definition) is 5. The van der Waals surface area contributed by atoms with Gasteiger partial charge < -0.3 is 19.7 Å². The summed E-state index contributed by atoms with van der Waals surface area (Å²) in [7, 11) is 1.97. The van der Waals surface area contributed by atoms with E-state index in [4.69, 9.17) is 4.74 Å². The first-order valence-electron chi connectivity index (χ1n) is 8.28. The van der Waals surface area contributed by atoms with Crippen LogP contribution in [-0.4, -0.2) is 33.9 Å². The molecule has 0 aliphatic carbocycles. The number of nitrogens with zero attached hydrogens (tertiary/aromatic N) is 2. The zero-order chi connectivity index (χ0) is 17.5. The number of nitrogens with one attached hydrogen (secondary N) is 1. The number of imidazole rings is 1. The van der Waals surface area contributed by atoms with Gasteiger partial charge in [0.15, 0.2) is 0 Å². The summed E-state index contributed by atoms with van der Waals surface area (Å²) in [6, 6.07) is 14.1. The predicted molar refractivity (Wildman–Crippen MR) is 99.5 cm³/mol. The van der Waals surface area contributed by atoms with Crippen LogP contribution >= 0.6 is 11.3 Å². The van der Waals surface area contributed by atoms with Crippen LogP contribution in [0.4, 0.5) is 0 Å². The quantitative estimate of drug-likeness (QED) is 0.618. The van der Waals surface area contributed by atoms with Crippen molar-refractivity contribution in [2.24, 2.45) is 7.05 Å². The summed E-state index contributed by atoms with van der Waals surface area (Å²) >= 11 is 1.66. The number of ether oxygens (including phenoxy) is 1. The van der Waals surface area contributed by atoms with Gasteiger partial charge in [0, 0.05) is 30.9 Å². The monoisotopic (exact) mass is 357 g/mol. The first-order valence-corrected chi connectivity index (χ1v) is 9.15. The Morgan fingerprint density at radius 3 is 2.76 bits per heavy atom. The minimum atomic E-state index is -0.577. The first kappa shape index (κ1) is 17.8. The number of rotatable bonds is 9. The van der Waals surface area contributed by atoms with E-state index in [1.165, 1.54) is 0 Å². The molecule has 0 saturated carbocycles. The molecule has 3 rings (SSSR count). The van der Waals surface area contributed by atoms with E-state index in [1.807, 2.05) is 53.5 Å². The molecule has 25 heavy (non-hydrogen) atoms. The molecule has 0 amide bonds. The maximum atomic E-state index is 10.2. The number of aliphatic hydroxyl groups excluding tert-OH is 1. The molecule has 0 radical (unpaired) electrons. The summed E-state index contributed by atoms with van der Waals surface area (Å²) in [6.45, 7) is 1.26. The van der Waals surface area contributed by atoms with Gasteiger partial charge in [0.25, 0.3) is 0 Å². The highest BCUT2D eigenvalue weighted by Crippen LogP contribution is 2.20. The standard InChI is InChI=1S/C19H23N3O2S/c1-22-10-9-20-19(22)18(15-6-3-2-4-7-15)21-12-16(23)13-24-14-17-8-5-11-25-17/h2-11,16,18,21,23H,12-14H2,1H3/t16-,18+/m1/s1. The molecule has 2 atom stereocenters. The fourth-order valence-electron chi connectivity index (χ4n) is 2.66. The molecule has 132 valence electrons. The summed E-state index contributed by atoms with van der Waals surface area (Å²) < 4.78 is 7.58. The van der Waals surface area contributed by atoms with E-state index in [0.29, 0.717) is 19.8 Å². The van der Waals surface area contributed by atoms with Gasteiger partial charge in [0.2, 0.25) is 0 Å². The van der Waals surface area contributed by atoms with Gasteiger partial charge in [-0.3, -0.25) is 0 Å².